The number of nitrogens with zero attached hydrogens (tertiary/aromatic N) is 2. The van der Waals surface area contributed by atoms with Gasteiger partial charge in [-0.05, 0) is 69.3 Å². The third kappa shape index (κ3) is 5.72. The van der Waals surface area contributed by atoms with Crippen molar-refractivity contribution in [1.82, 2.24) is 9.80 Å². The number of carbonyl (C=O) groups excluding carboxylic acids is 1. The first-order valence-electron chi connectivity index (χ1n) is 9.98. The highest BCUT2D eigenvalue weighted by Gasteiger charge is 2.27. The lowest BCUT2D eigenvalue weighted by atomic mass is 9.98. The van der Waals surface area contributed by atoms with Gasteiger partial charge >= 0.3 is 0 Å². The Kier molecular flexibility index (Phi) is 7.18. The highest BCUT2D eigenvalue weighted by atomic mass is 35.5. The monoisotopic (exact) mass is 362 g/mol. The van der Waals surface area contributed by atoms with Gasteiger partial charge in [0.1, 0.15) is 0 Å². The van der Waals surface area contributed by atoms with Gasteiger partial charge in [0.15, 0.2) is 0 Å². The van der Waals surface area contributed by atoms with Crippen molar-refractivity contribution in [3.05, 3.63) is 34.9 Å². The van der Waals surface area contributed by atoms with Crippen LogP contribution >= 0.6 is 11.6 Å². The number of benzene rings is 1. The molecule has 1 aromatic carbocycles. The van der Waals surface area contributed by atoms with Gasteiger partial charge in [-0.15, -0.1) is 0 Å². The maximum atomic E-state index is 12.8. The number of rotatable bonds is 5. The van der Waals surface area contributed by atoms with Crippen LogP contribution in [0.15, 0.2) is 24.3 Å². The molecule has 1 atom stereocenters. The lowest BCUT2D eigenvalue weighted by Crippen LogP contribution is -2.46. The third-order valence-electron chi connectivity index (χ3n) is 5.69. The van der Waals surface area contributed by atoms with Gasteiger partial charge in [-0.2, -0.15) is 0 Å². The fourth-order valence-corrected chi connectivity index (χ4v) is 4.32. The number of halogens is 1. The summed E-state index contributed by atoms with van der Waals surface area (Å²) >= 11 is 5.95. The molecule has 2 aliphatic rings. The van der Waals surface area contributed by atoms with Crippen LogP contribution in [0.5, 0.6) is 0 Å². The Balaban J connectivity index is 1.54. The van der Waals surface area contributed by atoms with Gasteiger partial charge < -0.3 is 9.80 Å². The van der Waals surface area contributed by atoms with Crippen molar-refractivity contribution < 1.29 is 4.79 Å². The second kappa shape index (κ2) is 9.59. The van der Waals surface area contributed by atoms with Crippen LogP contribution in [0.1, 0.15) is 56.9 Å². The minimum absolute atomic E-state index is 0.280. The van der Waals surface area contributed by atoms with Crippen molar-refractivity contribution >= 4 is 17.5 Å². The normalized spacial score (nSPS) is 22.6. The van der Waals surface area contributed by atoms with Gasteiger partial charge in [-0.25, -0.2) is 0 Å². The Morgan fingerprint density at radius 1 is 0.960 bits per heavy atom. The van der Waals surface area contributed by atoms with Gasteiger partial charge in [0, 0.05) is 24.2 Å². The average Bonchev–Trinajstić information content (AvgIpc) is 2.91. The van der Waals surface area contributed by atoms with Crippen molar-refractivity contribution in [2.24, 2.45) is 0 Å². The first-order valence-corrected chi connectivity index (χ1v) is 10.4. The summed E-state index contributed by atoms with van der Waals surface area (Å²) in [6.45, 7) is 4.56. The summed E-state index contributed by atoms with van der Waals surface area (Å²) in [6, 6.07) is 8.11. The zero-order valence-corrected chi connectivity index (χ0v) is 16.0. The Morgan fingerprint density at radius 3 is 2.36 bits per heavy atom. The molecule has 2 aliphatic heterocycles. The summed E-state index contributed by atoms with van der Waals surface area (Å²) in [6.07, 6.45) is 10.6. The molecule has 25 heavy (non-hydrogen) atoms. The molecule has 3 rings (SSSR count). The van der Waals surface area contributed by atoms with Crippen LogP contribution in [0.25, 0.3) is 0 Å². The molecule has 138 valence electrons. The number of carbonyl (C=O) groups is 1. The summed E-state index contributed by atoms with van der Waals surface area (Å²) in [5.74, 6) is 0.280. The largest absolute Gasteiger partial charge is 0.339 e. The van der Waals surface area contributed by atoms with Crippen LogP contribution in [0.3, 0.4) is 0 Å². The number of hydrogen-bond acceptors (Lipinski definition) is 2. The van der Waals surface area contributed by atoms with E-state index in [9.17, 15) is 4.79 Å². The molecule has 2 saturated heterocycles. The van der Waals surface area contributed by atoms with E-state index in [1.165, 1.54) is 51.6 Å². The zero-order valence-electron chi connectivity index (χ0n) is 15.3. The van der Waals surface area contributed by atoms with Crippen molar-refractivity contribution in [2.45, 2.75) is 63.8 Å². The predicted octanol–water partition coefficient (Wildman–Crippen LogP) is 4.53. The Hall–Kier alpha value is -1.06. The molecule has 3 nitrogen and oxygen atoms in total. The van der Waals surface area contributed by atoms with Crippen molar-refractivity contribution in [3.63, 3.8) is 0 Å². The van der Waals surface area contributed by atoms with E-state index in [-0.39, 0.29) is 5.91 Å². The van der Waals surface area contributed by atoms with Crippen LogP contribution in [-0.2, 0) is 11.2 Å². The molecule has 2 heterocycles. The Bertz CT molecular complexity index is 537. The van der Waals surface area contributed by atoms with E-state index >= 15 is 0 Å². The molecule has 2 fully saturated rings. The molecule has 0 unspecified atom stereocenters. The van der Waals surface area contributed by atoms with E-state index in [1.807, 2.05) is 24.3 Å². The predicted molar refractivity (Wildman–Crippen MR) is 104 cm³/mol. The first-order chi connectivity index (χ1) is 12.2. The molecule has 0 radical (unpaired) electrons. The molecule has 1 amide bonds. The molecule has 1 aromatic rings. The lowest BCUT2D eigenvalue weighted by molar-refractivity contribution is -0.134. The minimum Gasteiger partial charge on any atom is -0.339 e. The SMILES string of the molecule is O=C(Cc1ccc(Cl)cc1)N1CCCC[C@@H]1CCN1CCCCCC1. The first kappa shape index (κ1) is 18.7. The molecule has 0 aliphatic carbocycles. The number of likely N-dealkylation sites (tertiary alicyclic amines) is 2. The smallest absolute Gasteiger partial charge is 0.227 e. The van der Waals surface area contributed by atoms with Crippen LogP contribution in [-0.4, -0.2) is 47.9 Å². The van der Waals surface area contributed by atoms with Crippen molar-refractivity contribution in [3.8, 4) is 0 Å². The van der Waals surface area contributed by atoms with Crippen molar-refractivity contribution in [1.29, 1.82) is 0 Å². The molecule has 0 bridgehead atoms. The van der Waals surface area contributed by atoms with E-state index in [4.69, 9.17) is 11.6 Å². The van der Waals surface area contributed by atoms with Crippen LogP contribution in [0.4, 0.5) is 0 Å². The summed E-state index contributed by atoms with van der Waals surface area (Å²) in [5, 5.41) is 0.726. The Morgan fingerprint density at radius 2 is 1.64 bits per heavy atom. The summed E-state index contributed by atoms with van der Waals surface area (Å²) in [7, 11) is 0. The average molecular weight is 363 g/mol. The third-order valence-corrected chi connectivity index (χ3v) is 5.95. The van der Waals surface area contributed by atoms with E-state index in [0.717, 1.165) is 36.5 Å². The quantitative estimate of drug-likeness (QED) is 0.768. The summed E-state index contributed by atoms with van der Waals surface area (Å²) < 4.78 is 0. The fraction of sp³-hybridized carbons (Fsp3) is 0.667. The summed E-state index contributed by atoms with van der Waals surface area (Å²) in [5.41, 5.74) is 1.06. The van der Waals surface area contributed by atoms with Crippen LogP contribution in [0, 0.1) is 0 Å². The highest BCUT2D eigenvalue weighted by Crippen LogP contribution is 2.22. The van der Waals surface area contributed by atoms with Crippen molar-refractivity contribution in [2.75, 3.05) is 26.2 Å². The molecule has 0 N–H and O–H groups in total. The van der Waals surface area contributed by atoms with Gasteiger partial charge in [-0.1, -0.05) is 36.6 Å². The van der Waals surface area contributed by atoms with E-state index in [1.54, 1.807) is 0 Å². The standard InChI is InChI=1S/C21H31ClN2O/c22-19-10-8-18(9-11-19)17-21(25)24-15-6-3-7-20(24)12-16-23-13-4-1-2-5-14-23/h8-11,20H,1-7,12-17H2/t20-/m1/s1. The maximum Gasteiger partial charge on any atom is 0.227 e. The molecule has 0 spiro atoms. The second-order valence-corrected chi connectivity index (χ2v) is 8.02. The highest BCUT2D eigenvalue weighted by molar-refractivity contribution is 6.30. The topological polar surface area (TPSA) is 23.6 Å². The van der Waals surface area contributed by atoms with E-state index in [2.05, 4.69) is 9.80 Å². The van der Waals surface area contributed by atoms with Crippen LogP contribution < -0.4 is 0 Å². The minimum atomic E-state index is 0.280. The summed E-state index contributed by atoms with van der Waals surface area (Å²) in [4.78, 5) is 17.6. The molecule has 0 saturated carbocycles. The maximum absolute atomic E-state index is 12.8. The van der Waals surface area contributed by atoms with Gasteiger partial charge in [0.2, 0.25) is 5.91 Å². The van der Waals surface area contributed by atoms with E-state index < -0.39 is 0 Å². The molecular formula is C21H31ClN2O. The fourth-order valence-electron chi connectivity index (χ4n) is 4.20. The number of hydrogen-bond donors (Lipinski definition) is 0. The second-order valence-electron chi connectivity index (χ2n) is 7.58. The Labute approximate surface area is 157 Å². The molecule has 0 aromatic heterocycles. The number of amides is 1. The lowest BCUT2D eigenvalue weighted by Gasteiger charge is -2.37. The van der Waals surface area contributed by atoms with Gasteiger partial charge in [0.25, 0.3) is 0 Å². The molecular weight excluding hydrogens is 332 g/mol. The van der Waals surface area contributed by atoms with Gasteiger partial charge in [0.05, 0.1) is 6.42 Å². The molecule has 4 heteroatoms. The van der Waals surface area contributed by atoms with Gasteiger partial charge in [-0.3, -0.25) is 4.79 Å². The van der Waals surface area contributed by atoms with Crippen LogP contribution in [0.2, 0.25) is 5.02 Å². The number of piperidine rings is 1. The van der Waals surface area contributed by atoms with E-state index in [0.29, 0.717) is 12.5 Å². The zero-order chi connectivity index (χ0) is 17.5.